The Bertz CT molecular complexity index is 831. The average Bonchev–Trinajstić information content (AvgIpc) is 2.74. The van der Waals surface area contributed by atoms with Gasteiger partial charge in [0, 0.05) is 24.0 Å². The van der Waals surface area contributed by atoms with Crippen LogP contribution in [0.25, 0.3) is 0 Å². The first-order valence-corrected chi connectivity index (χ1v) is 10.9. The van der Waals surface area contributed by atoms with Crippen molar-refractivity contribution in [3.63, 3.8) is 0 Å². The Labute approximate surface area is 184 Å². The normalized spacial score (nSPS) is 15.2. The van der Waals surface area contributed by atoms with Crippen molar-refractivity contribution in [2.45, 2.75) is 45.9 Å². The summed E-state index contributed by atoms with van der Waals surface area (Å²) >= 11 is 5.96. The van der Waals surface area contributed by atoms with Gasteiger partial charge in [0.25, 0.3) is 0 Å². The van der Waals surface area contributed by atoms with E-state index in [9.17, 15) is 4.79 Å². The number of nitrogens with zero attached hydrogens (tertiary/aromatic N) is 1. The number of piperidine rings is 1. The maximum atomic E-state index is 12.6. The van der Waals surface area contributed by atoms with Gasteiger partial charge in [0.2, 0.25) is 5.91 Å². The van der Waals surface area contributed by atoms with Gasteiger partial charge < -0.3 is 14.8 Å². The summed E-state index contributed by atoms with van der Waals surface area (Å²) in [5, 5.41) is 3.84. The average molecular weight is 431 g/mol. The molecule has 3 rings (SSSR count). The van der Waals surface area contributed by atoms with Crippen molar-refractivity contribution >= 4 is 17.5 Å². The number of amides is 1. The highest BCUT2D eigenvalue weighted by Crippen LogP contribution is 2.29. The molecule has 0 unspecified atom stereocenters. The first-order valence-electron chi connectivity index (χ1n) is 10.5. The number of halogens is 1. The van der Waals surface area contributed by atoms with Crippen LogP contribution in [0.2, 0.25) is 5.02 Å². The molecule has 5 nitrogen and oxygen atoms in total. The third-order valence-electron chi connectivity index (χ3n) is 5.34. The van der Waals surface area contributed by atoms with E-state index in [-0.39, 0.29) is 17.9 Å². The lowest BCUT2D eigenvalue weighted by Gasteiger charge is -2.31. The van der Waals surface area contributed by atoms with Crippen LogP contribution < -0.4 is 14.8 Å². The zero-order valence-corrected chi connectivity index (χ0v) is 18.7. The number of carbonyl (C=O) groups excluding carboxylic acids is 1. The highest BCUT2D eigenvalue weighted by Gasteiger charge is 2.24. The van der Waals surface area contributed by atoms with Gasteiger partial charge in [-0.05, 0) is 75.2 Å². The Balaban J connectivity index is 1.46. The number of hydrogen-bond donors (Lipinski definition) is 1. The van der Waals surface area contributed by atoms with Gasteiger partial charge in [0.1, 0.15) is 0 Å². The van der Waals surface area contributed by atoms with Gasteiger partial charge in [0.05, 0.1) is 13.2 Å². The maximum Gasteiger partial charge on any atom is 0.223 e. The summed E-state index contributed by atoms with van der Waals surface area (Å²) in [6.07, 6.45) is 1.84. The van der Waals surface area contributed by atoms with E-state index < -0.39 is 0 Å². The second kappa shape index (κ2) is 10.7. The number of ether oxygens (including phenoxy) is 2. The summed E-state index contributed by atoms with van der Waals surface area (Å²) in [7, 11) is 1.63. The molecular formula is C24H31ClN2O3. The summed E-state index contributed by atoms with van der Waals surface area (Å²) in [5.41, 5.74) is 2.25. The van der Waals surface area contributed by atoms with Gasteiger partial charge in [-0.1, -0.05) is 29.8 Å². The highest BCUT2D eigenvalue weighted by molar-refractivity contribution is 6.30. The Hall–Kier alpha value is -2.24. The Kier molecular flexibility index (Phi) is 8.00. The van der Waals surface area contributed by atoms with E-state index in [4.69, 9.17) is 21.1 Å². The van der Waals surface area contributed by atoms with Crippen molar-refractivity contribution < 1.29 is 14.3 Å². The fourth-order valence-corrected chi connectivity index (χ4v) is 3.83. The highest BCUT2D eigenvalue weighted by atomic mass is 35.5. The quantitative estimate of drug-likeness (QED) is 0.661. The molecule has 0 spiro atoms. The molecular weight excluding hydrogens is 400 g/mol. The van der Waals surface area contributed by atoms with Crippen molar-refractivity contribution in [3.05, 3.63) is 58.6 Å². The van der Waals surface area contributed by atoms with Gasteiger partial charge in [-0.15, -0.1) is 0 Å². The van der Waals surface area contributed by atoms with Gasteiger partial charge in [-0.3, -0.25) is 9.69 Å². The van der Waals surface area contributed by atoms with Crippen LogP contribution in [0.1, 0.15) is 37.8 Å². The van der Waals surface area contributed by atoms with Gasteiger partial charge in [-0.2, -0.15) is 0 Å². The van der Waals surface area contributed by atoms with Crippen molar-refractivity contribution in [1.82, 2.24) is 10.2 Å². The summed E-state index contributed by atoms with van der Waals surface area (Å²) in [5.74, 6) is 1.60. The number of hydrogen-bond acceptors (Lipinski definition) is 4. The van der Waals surface area contributed by atoms with Crippen molar-refractivity contribution in [2.75, 3.05) is 20.2 Å². The predicted molar refractivity (Wildman–Crippen MR) is 120 cm³/mol. The van der Waals surface area contributed by atoms with Crippen molar-refractivity contribution in [3.8, 4) is 11.5 Å². The van der Waals surface area contributed by atoms with Crippen LogP contribution in [0.3, 0.4) is 0 Å². The fourth-order valence-electron chi connectivity index (χ4n) is 3.71. The van der Waals surface area contributed by atoms with Gasteiger partial charge in [0.15, 0.2) is 11.5 Å². The van der Waals surface area contributed by atoms with E-state index in [0.29, 0.717) is 12.3 Å². The zero-order chi connectivity index (χ0) is 21.5. The minimum Gasteiger partial charge on any atom is -0.493 e. The molecule has 1 amide bonds. The van der Waals surface area contributed by atoms with E-state index in [0.717, 1.165) is 48.8 Å². The fraction of sp³-hybridized carbons (Fsp3) is 0.458. The van der Waals surface area contributed by atoms with E-state index in [2.05, 4.69) is 22.3 Å². The monoisotopic (exact) mass is 430 g/mol. The molecule has 0 radical (unpaired) electrons. The Morgan fingerprint density at radius 1 is 1.10 bits per heavy atom. The van der Waals surface area contributed by atoms with Crippen LogP contribution in [0.5, 0.6) is 11.5 Å². The number of carbonyl (C=O) groups is 1. The zero-order valence-electron chi connectivity index (χ0n) is 18.0. The molecule has 0 atom stereocenters. The van der Waals surface area contributed by atoms with E-state index in [1.807, 2.05) is 44.2 Å². The first kappa shape index (κ1) is 22.4. The molecule has 0 saturated carbocycles. The minimum absolute atomic E-state index is 0.0666. The topological polar surface area (TPSA) is 50.8 Å². The van der Waals surface area contributed by atoms with Crippen LogP contribution in [-0.2, 0) is 17.9 Å². The summed E-state index contributed by atoms with van der Waals surface area (Å²) in [4.78, 5) is 15.0. The number of rotatable bonds is 8. The standard InChI is InChI=1S/C24H31ClN2O3/c1-17(2)30-22-9-6-19(14-23(22)29-3)15-26-24(28)20-10-12-27(13-11-20)16-18-4-7-21(25)8-5-18/h4-9,14,17,20H,10-13,15-16H2,1-3H3,(H,26,28). The Morgan fingerprint density at radius 2 is 1.77 bits per heavy atom. The second-order valence-corrected chi connectivity index (χ2v) is 8.48. The molecule has 0 aromatic heterocycles. The largest absolute Gasteiger partial charge is 0.493 e. The molecule has 2 aromatic carbocycles. The number of benzene rings is 2. The molecule has 1 fully saturated rings. The number of nitrogens with one attached hydrogen (secondary N) is 1. The molecule has 6 heteroatoms. The predicted octanol–water partition coefficient (Wildman–Crippen LogP) is 4.66. The summed E-state index contributed by atoms with van der Waals surface area (Å²) in [6, 6.07) is 13.8. The van der Waals surface area contributed by atoms with Crippen LogP contribution in [-0.4, -0.2) is 37.1 Å². The lowest BCUT2D eigenvalue weighted by molar-refractivity contribution is -0.126. The molecule has 1 saturated heterocycles. The second-order valence-electron chi connectivity index (χ2n) is 8.05. The maximum absolute atomic E-state index is 12.6. The number of likely N-dealkylation sites (tertiary alicyclic amines) is 1. The van der Waals surface area contributed by atoms with Crippen LogP contribution in [0, 0.1) is 5.92 Å². The summed E-state index contributed by atoms with van der Waals surface area (Å²) in [6.45, 7) is 7.20. The lowest BCUT2D eigenvalue weighted by Crippen LogP contribution is -2.40. The van der Waals surface area contributed by atoms with Crippen molar-refractivity contribution in [1.29, 1.82) is 0 Å². The third-order valence-corrected chi connectivity index (χ3v) is 5.59. The number of methoxy groups -OCH3 is 1. The molecule has 162 valence electrons. The molecule has 1 N–H and O–H groups in total. The van der Waals surface area contributed by atoms with E-state index in [1.54, 1.807) is 7.11 Å². The van der Waals surface area contributed by atoms with Crippen molar-refractivity contribution in [2.24, 2.45) is 5.92 Å². The third kappa shape index (κ3) is 6.38. The molecule has 0 aliphatic carbocycles. The van der Waals surface area contributed by atoms with Gasteiger partial charge in [-0.25, -0.2) is 0 Å². The van der Waals surface area contributed by atoms with Gasteiger partial charge >= 0.3 is 0 Å². The van der Waals surface area contributed by atoms with Crippen LogP contribution in [0.4, 0.5) is 0 Å². The van der Waals surface area contributed by atoms with Crippen LogP contribution in [0.15, 0.2) is 42.5 Å². The molecule has 1 aliphatic heterocycles. The SMILES string of the molecule is COc1cc(CNC(=O)C2CCN(Cc3ccc(Cl)cc3)CC2)ccc1OC(C)C. The molecule has 0 bridgehead atoms. The van der Waals surface area contributed by atoms with E-state index in [1.165, 1.54) is 5.56 Å². The minimum atomic E-state index is 0.0666. The molecule has 2 aromatic rings. The van der Waals surface area contributed by atoms with E-state index >= 15 is 0 Å². The first-order chi connectivity index (χ1) is 14.4. The lowest BCUT2D eigenvalue weighted by atomic mass is 9.95. The summed E-state index contributed by atoms with van der Waals surface area (Å²) < 4.78 is 11.2. The van der Waals surface area contributed by atoms with Crippen LogP contribution >= 0.6 is 11.6 Å². The smallest absolute Gasteiger partial charge is 0.223 e. The Morgan fingerprint density at radius 3 is 2.40 bits per heavy atom. The molecule has 1 aliphatic rings. The molecule has 1 heterocycles. The molecule has 30 heavy (non-hydrogen) atoms.